The minimum absolute atomic E-state index is 0.312. The number of anilines is 2. The molecule has 1 aromatic heterocycles. The molecule has 0 bridgehead atoms. The fourth-order valence-corrected chi connectivity index (χ4v) is 2.98. The van der Waals surface area contributed by atoms with Crippen LogP contribution in [0.2, 0.25) is 0 Å². The Labute approximate surface area is 157 Å². The first kappa shape index (κ1) is 20.8. The molecule has 0 unspecified atom stereocenters. The van der Waals surface area contributed by atoms with Gasteiger partial charge in [0.15, 0.2) is 5.69 Å². The lowest BCUT2D eigenvalue weighted by Gasteiger charge is -2.27. The lowest BCUT2D eigenvalue weighted by atomic mass is 10.2. The zero-order valence-corrected chi connectivity index (χ0v) is 16.1. The van der Waals surface area contributed by atoms with Gasteiger partial charge >= 0.3 is 6.18 Å². The molecule has 27 heavy (non-hydrogen) atoms. The Hall–Kier alpha value is -2.51. The molecule has 0 aliphatic carbocycles. The number of hydrogen-bond donors (Lipinski definition) is 1. The van der Waals surface area contributed by atoms with Crippen molar-refractivity contribution in [2.24, 2.45) is 0 Å². The molecule has 5 nitrogen and oxygen atoms in total. The van der Waals surface area contributed by atoms with E-state index in [1.165, 1.54) is 0 Å². The molecule has 0 saturated heterocycles. The summed E-state index contributed by atoms with van der Waals surface area (Å²) >= 11 is 0. The normalized spacial score (nSPS) is 11.9. The van der Waals surface area contributed by atoms with Gasteiger partial charge in [-0.25, -0.2) is 0 Å². The first-order valence-corrected chi connectivity index (χ1v) is 8.89. The van der Waals surface area contributed by atoms with E-state index in [4.69, 9.17) is 0 Å². The minimum atomic E-state index is -4.67. The van der Waals surface area contributed by atoms with Gasteiger partial charge in [0.1, 0.15) is 0 Å². The number of aromatic nitrogens is 2. The van der Waals surface area contributed by atoms with Crippen LogP contribution >= 0.6 is 0 Å². The Balaban J connectivity index is 2.26. The van der Waals surface area contributed by atoms with Gasteiger partial charge < -0.3 is 10.2 Å². The van der Waals surface area contributed by atoms with Gasteiger partial charge in [-0.1, -0.05) is 0 Å². The van der Waals surface area contributed by atoms with Crippen molar-refractivity contribution in [2.75, 3.05) is 16.8 Å². The molecule has 0 fully saturated rings. The van der Waals surface area contributed by atoms with Gasteiger partial charge in [0.05, 0.1) is 11.8 Å². The minimum Gasteiger partial charge on any atom is -0.369 e. The quantitative estimate of drug-likeness (QED) is 0.767. The van der Waals surface area contributed by atoms with E-state index in [1.54, 1.807) is 26.0 Å². The fourth-order valence-electron chi connectivity index (χ4n) is 2.98. The number of carbonyl (C=O) groups is 1. The predicted molar refractivity (Wildman–Crippen MR) is 100 cm³/mol. The third-order valence-electron chi connectivity index (χ3n) is 4.22. The van der Waals surface area contributed by atoms with Gasteiger partial charge in [-0.2, -0.15) is 18.3 Å². The molecular formula is C19H25F3N4O. The zero-order valence-electron chi connectivity index (χ0n) is 16.1. The van der Waals surface area contributed by atoms with Crippen LogP contribution in [0.4, 0.5) is 24.5 Å². The number of rotatable bonds is 6. The van der Waals surface area contributed by atoms with E-state index in [0.717, 1.165) is 23.1 Å². The lowest BCUT2D eigenvalue weighted by Crippen LogP contribution is -2.30. The summed E-state index contributed by atoms with van der Waals surface area (Å²) in [4.78, 5) is 14.6. The summed E-state index contributed by atoms with van der Waals surface area (Å²) in [5, 5.41) is 6.27. The number of carbonyl (C=O) groups excluding carboxylic acids is 1. The summed E-state index contributed by atoms with van der Waals surface area (Å²) in [6.45, 7) is 10.2. The van der Waals surface area contributed by atoms with Crippen molar-refractivity contribution >= 4 is 17.3 Å². The van der Waals surface area contributed by atoms with E-state index in [9.17, 15) is 18.0 Å². The molecule has 0 radical (unpaired) electrons. The van der Waals surface area contributed by atoms with Gasteiger partial charge in [0.25, 0.3) is 5.91 Å². The van der Waals surface area contributed by atoms with Gasteiger partial charge in [-0.15, -0.1) is 0 Å². The summed E-state index contributed by atoms with van der Waals surface area (Å²) in [5.41, 5.74) is -0.121. The maximum atomic E-state index is 13.4. The van der Waals surface area contributed by atoms with Gasteiger partial charge in [0.2, 0.25) is 0 Å². The van der Waals surface area contributed by atoms with E-state index in [1.807, 2.05) is 19.1 Å². The Morgan fingerprint density at radius 1 is 1.19 bits per heavy atom. The maximum absolute atomic E-state index is 13.4. The molecule has 0 atom stereocenters. The Bertz CT molecular complexity index is 779. The number of amides is 1. The SMILES string of the molecule is CCN(c1ccc(NC(=O)c2cnn(C(C)C)c2C(F)(F)F)cc1)C(C)C. The standard InChI is InChI=1S/C19H25F3N4O/c1-6-25(12(2)3)15-9-7-14(8-10-15)24-18(27)16-11-23-26(13(4)5)17(16)19(20,21)22/h7-13H,6H2,1-5H3,(H,24,27). The van der Waals surface area contributed by atoms with E-state index >= 15 is 0 Å². The highest BCUT2D eigenvalue weighted by atomic mass is 19.4. The topological polar surface area (TPSA) is 50.2 Å². The van der Waals surface area contributed by atoms with Crippen LogP contribution < -0.4 is 10.2 Å². The second-order valence-electron chi connectivity index (χ2n) is 6.82. The van der Waals surface area contributed by atoms with Crippen LogP contribution in [0.25, 0.3) is 0 Å². The number of nitrogens with zero attached hydrogens (tertiary/aromatic N) is 3. The van der Waals surface area contributed by atoms with Crippen molar-refractivity contribution in [1.82, 2.24) is 9.78 Å². The van der Waals surface area contributed by atoms with Crippen molar-refractivity contribution < 1.29 is 18.0 Å². The molecule has 0 aliphatic rings. The fraction of sp³-hybridized carbons (Fsp3) is 0.474. The highest BCUT2D eigenvalue weighted by Gasteiger charge is 2.40. The average Bonchev–Trinajstić information content (AvgIpc) is 3.02. The summed E-state index contributed by atoms with van der Waals surface area (Å²) in [6.07, 6.45) is -3.71. The molecule has 0 aliphatic heterocycles. The van der Waals surface area contributed by atoms with Crippen LogP contribution in [0.5, 0.6) is 0 Å². The molecule has 2 aromatic rings. The number of halogens is 3. The van der Waals surface area contributed by atoms with Crippen molar-refractivity contribution in [3.63, 3.8) is 0 Å². The predicted octanol–water partition coefficient (Wildman–Crippen LogP) is 4.97. The Kier molecular flexibility index (Phi) is 6.18. The number of nitrogens with one attached hydrogen (secondary N) is 1. The third kappa shape index (κ3) is 4.61. The smallest absolute Gasteiger partial charge is 0.369 e. The van der Waals surface area contributed by atoms with Crippen LogP contribution in [0.15, 0.2) is 30.5 Å². The monoisotopic (exact) mass is 382 g/mol. The lowest BCUT2D eigenvalue weighted by molar-refractivity contribution is -0.145. The van der Waals surface area contributed by atoms with Crippen LogP contribution in [0.1, 0.15) is 56.7 Å². The van der Waals surface area contributed by atoms with Crippen molar-refractivity contribution in [3.8, 4) is 0 Å². The summed E-state index contributed by atoms with van der Waals surface area (Å²) in [7, 11) is 0. The summed E-state index contributed by atoms with van der Waals surface area (Å²) < 4.78 is 41.1. The second kappa shape index (κ2) is 8.02. The van der Waals surface area contributed by atoms with Crippen molar-refractivity contribution in [3.05, 3.63) is 41.7 Å². The van der Waals surface area contributed by atoms with Crippen LogP contribution in [0.3, 0.4) is 0 Å². The van der Waals surface area contributed by atoms with Gasteiger partial charge in [-0.05, 0) is 58.9 Å². The molecule has 8 heteroatoms. The molecule has 0 spiro atoms. The highest BCUT2D eigenvalue weighted by Crippen LogP contribution is 2.34. The summed E-state index contributed by atoms with van der Waals surface area (Å²) in [5.74, 6) is -0.835. The Morgan fingerprint density at radius 3 is 2.22 bits per heavy atom. The third-order valence-corrected chi connectivity index (χ3v) is 4.22. The molecule has 1 N–H and O–H groups in total. The van der Waals surface area contributed by atoms with Crippen molar-refractivity contribution in [2.45, 2.75) is 52.9 Å². The van der Waals surface area contributed by atoms with Crippen molar-refractivity contribution in [1.29, 1.82) is 0 Å². The molecule has 1 amide bonds. The summed E-state index contributed by atoms with van der Waals surface area (Å²) in [6, 6.07) is 6.82. The number of benzene rings is 1. The Morgan fingerprint density at radius 2 is 1.78 bits per heavy atom. The van der Waals surface area contributed by atoms with E-state index < -0.39 is 29.4 Å². The molecule has 1 aromatic carbocycles. The van der Waals surface area contributed by atoms with Crippen LogP contribution in [-0.2, 0) is 6.18 Å². The first-order chi connectivity index (χ1) is 12.6. The second-order valence-corrected chi connectivity index (χ2v) is 6.82. The average molecular weight is 382 g/mol. The van der Waals surface area contributed by atoms with Gasteiger partial charge in [0, 0.05) is 30.0 Å². The molecule has 1 heterocycles. The number of alkyl halides is 3. The number of hydrogen-bond acceptors (Lipinski definition) is 3. The zero-order chi connectivity index (χ0) is 20.4. The van der Waals surface area contributed by atoms with E-state index in [-0.39, 0.29) is 0 Å². The molecule has 148 valence electrons. The van der Waals surface area contributed by atoms with E-state index in [0.29, 0.717) is 11.7 Å². The molecular weight excluding hydrogens is 357 g/mol. The maximum Gasteiger partial charge on any atom is 0.433 e. The molecule has 2 rings (SSSR count). The van der Waals surface area contributed by atoms with E-state index in [2.05, 4.69) is 29.2 Å². The first-order valence-electron chi connectivity index (χ1n) is 8.89. The largest absolute Gasteiger partial charge is 0.433 e. The van der Waals surface area contributed by atoms with Crippen LogP contribution in [-0.4, -0.2) is 28.3 Å². The van der Waals surface area contributed by atoms with Crippen LogP contribution in [0, 0.1) is 0 Å². The van der Waals surface area contributed by atoms with Gasteiger partial charge in [-0.3, -0.25) is 9.48 Å². The highest BCUT2D eigenvalue weighted by molar-refractivity contribution is 6.05. The molecule has 0 saturated carbocycles.